The van der Waals surface area contributed by atoms with Gasteiger partial charge in [-0.3, -0.25) is 9.59 Å². The predicted molar refractivity (Wildman–Crippen MR) is 162 cm³/mol. The van der Waals surface area contributed by atoms with Gasteiger partial charge in [-0.25, -0.2) is 13.8 Å². The highest BCUT2D eigenvalue weighted by atomic mass is 79.9. The molecule has 0 aliphatic carbocycles. The van der Waals surface area contributed by atoms with Crippen molar-refractivity contribution in [1.82, 2.24) is 9.73 Å². The fourth-order valence-corrected chi connectivity index (χ4v) is 5.58. The third kappa shape index (κ3) is 8.41. The van der Waals surface area contributed by atoms with Crippen LogP contribution in [0, 0.1) is 0 Å². The van der Waals surface area contributed by atoms with E-state index in [9.17, 15) is 18.0 Å². The summed E-state index contributed by atoms with van der Waals surface area (Å²) in [5, 5.41) is 7.22. The molecule has 0 aliphatic rings. The van der Waals surface area contributed by atoms with Gasteiger partial charge >= 0.3 is 11.8 Å². The zero-order valence-electron chi connectivity index (χ0n) is 20.9. The van der Waals surface area contributed by atoms with Gasteiger partial charge < -0.3 is 9.73 Å². The normalized spacial score (nSPS) is 11.6. The number of nitrogens with one attached hydrogen (secondary N) is 2. The first-order valence-electron chi connectivity index (χ1n) is 11.7. The zero-order chi connectivity index (χ0) is 29.6. The number of hydrogen-bond acceptors (Lipinski definition) is 6. The average molecular weight is 699 g/mol. The number of sulfonamides is 1. The van der Waals surface area contributed by atoms with E-state index in [0.29, 0.717) is 27.1 Å². The quantitative estimate of drug-likeness (QED) is 0.118. The third-order valence-corrected chi connectivity index (χ3v) is 8.80. The van der Waals surface area contributed by atoms with E-state index in [-0.39, 0.29) is 28.8 Å². The highest BCUT2D eigenvalue weighted by Crippen LogP contribution is 2.27. The van der Waals surface area contributed by atoms with Crippen LogP contribution in [0.3, 0.4) is 0 Å². The van der Waals surface area contributed by atoms with Gasteiger partial charge in [0.1, 0.15) is 11.5 Å². The maximum absolute atomic E-state index is 13.5. The van der Waals surface area contributed by atoms with Gasteiger partial charge in [0.2, 0.25) is 10.0 Å². The molecule has 0 saturated carbocycles. The zero-order valence-corrected chi connectivity index (χ0v) is 25.5. The molecule has 4 aromatic rings. The molecular formula is C27H20BrCl3N4O5S. The van der Waals surface area contributed by atoms with Crippen LogP contribution >= 0.6 is 50.7 Å². The highest BCUT2D eigenvalue weighted by Gasteiger charge is 2.26. The summed E-state index contributed by atoms with van der Waals surface area (Å²) in [7, 11) is -3.99. The number of benzene rings is 3. The Morgan fingerprint density at radius 3 is 2.27 bits per heavy atom. The van der Waals surface area contributed by atoms with Gasteiger partial charge in [-0.2, -0.15) is 9.41 Å². The lowest BCUT2D eigenvalue weighted by Gasteiger charge is -2.22. The first kappa shape index (κ1) is 30.8. The molecule has 41 heavy (non-hydrogen) atoms. The number of amides is 2. The van der Waals surface area contributed by atoms with Crippen molar-refractivity contribution in [3.8, 4) is 0 Å². The van der Waals surface area contributed by atoms with Crippen LogP contribution in [0.5, 0.6) is 0 Å². The number of nitrogens with zero attached hydrogens (tertiary/aromatic N) is 2. The fourth-order valence-electron chi connectivity index (χ4n) is 3.47. The fraction of sp³-hybridized carbons (Fsp3) is 0.0741. The van der Waals surface area contributed by atoms with Gasteiger partial charge in [0.05, 0.1) is 27.7 Å². The molecule has 1 heterocycles. The summed E-state index contributed by atoms with van der Waals surface area (Å²) in [5.74, 6) is -1.39. The molecule has 0 atom stereocenters. The van der Waals surface area contributed by atoms with E-state index in [1.807, 2.05) is 0 Å². The van der Waals surface area contributed by atoms with Gasteiger partial charge in [-0.1, -0.05) is 56.8 Å². The summed E-state index contributed by atoms with van der Waals surface area (Å²) in [6.07, 6.45) is 1.19. The number of hydrazone groups is 1. The van der Waals surface area contributed by atoms with Gasteiger partial charge in [-0.15, -0.1) is 0 Å². The van der Waals surface area contributed by atoms with E-state index < -0.39 is 21.8 Å². The molecule has 0 saturated heterocycles. The van der Waals surface area contributed by atoms with Crippen LogP contribution in [0.4, 0.5) is 5.69 Å². The van der Waals surface area contributed by atoms with Crippen molar-refractivity contribution in [2.75, 3.05) is 5.32 Å². The van der Waals surface area contributed by atoms with Gasteiger partial charge in [-0.05, 0) is 78.4 Å². The SMILES string of the molecule is O=C(N/N=C/c1ccc(CN(Cc2ccc(Cl)c(Cl)c2)S(=O)(=O)c2ccc(Cl)cc2)o1)C(=O)Nc1ccc(Br)cc1. The van der Waals surface area contributed by atoms with E-state index in [2.05, 4.69) is 31.8 Å². The van der Waals surface area contributed by atoms with Crippen LogP contribution in [-0.2, 0) is 32.7 Å². The first-order valence-corrected chi connectivity index (χ1v) is 15.1. The Balaban J connectivity index is 1.46. The summed E-state index contributed by atoms with van der Waals surface area (Å²) in [6, 6.07) is 20.4. The average Bonchev–Trinajstić information content (AvgIpc) is 3.39. The molecule has 0 aliphatic heterocycles. The molecule has 2 amide bonds. The van der Waals surface area contributed by atoms with E-state index in [1.54, 1.807) is 54.6 Å². The number of hydrogen-bond donors (Lipinski definition) is 2. The summed E-state index contributed by atoms with van der Waals surface area (Å²) in [5.41, 5.74) is 3.16. The minimum Gasteiger partial charge on any atom is -0.459 e. The van der Waals surface area contributed by atoms with Crippen LogP contribution in [-0.4, -0.2) is 30.8 Å². The molecule has 4 rings (SSSR count). The number of halogens is 4. The molecule has 212 valence electrons. The molecule has 2 N–H and O–H groups in total. The molecule has 0 radical (unpaired) electrons. The molecule has 0 bridgehead atoms. The second kappa shape index (κ2) is 13.6. The van der Waals surface area contributed by atoms with Gasteiger partial charge in [0.15, 0.2) is 0 Å². The Morgan fingerprint density at radius 1 is 0.878 bits per heavy atom. The summed E-state index contributed by atoms with van der Waals surface area (Å²) >= 11 is 21.4. The summed E-state index contributed by atoms with van der Waals surface area (Å²) in [6.45, 7) is -0.170. The Morgan fingerprint density at radius 2 is 1.59 bits per heavy atom. The molecular weight excluding hydrogens is 679 g/mol. The van der Waals surface area contributed by atoms with E-state index in [0.717, 1.165) is 4.47 Å². The highest BCUT2D eigenvalue weighted by molar-refractivity contribution is 9.10. The van der Waals surface area contributed by atoms with Crippen LogP contribution in [0.15, 0.2) is 97.7 Å². The van der Waals surface area contributed by atoms with Crippen molar-refractivity contribution >= 4 is 84.5 Å². The largest absolute Gasteiger partial charge is 0.459 e. The predicted octanol–water partition coefficient (Wildman–Crippen LogP) is 6.48. The van der Waals surface area contributed by atoms with Crippen molar-refractivity contribution < 1.29 is 22.4 Å². The second-order valence-corrected chi connectivity index (χ2v) is 12.5. The van der Waals surface area contributed by atoms with E-state index in [1.165, 1.54) is 34.8 Å². The Labute approximate surface area is 259 Å². The Hall–Kier alpha value is -3.19. The van der Waals surface area contributed by atoms with E-state index in [4.69, 9.17) is 39.2 Å². The van der Waals surface area contributed by atoms with Crippen LogP contribution < -0.4 is 10.7 Å². The molecule has 9 nitrogen and oxygen atoms in total. The molecule has 0 fully saturated rings. The third-order valence-electron chi connectivity index (χ3n) is 5.48. The summed E-state index contributed by atoms with van der Waals surface area (Å²) < 4.78 is 34.8. The van der Waals surface area contributed by atoms with Crippen molar-refractivity contribution in [1.29, 1.82) is 0 Å². The monoisotopic (exact) mass is 696 g/mol. The van der Waals surface area contributed by atoms with Crippen molar-refractivity contribution in [3.05, 3.63) is 115 Å². The molecule has 0 spiro atoms. The number of carbonyl (C=O) groups is 2. The topological polar surface area (TPSA) is 121 Å². The maximum atomic E-state index is 13.5. The number of rotatable bonds is 9. The standard InChI is InChI=1S/C27H20BrCl3N4O5S/c28-18-2-6-20(7-3-18)33-26(36)27(37)34-32-14-21-8-9-22(40-21)16-35(15-17-1-12-24(30)25(31)13-17)41(38,39)23-10-4-19(29)5-11-23/h1-14H,15-16H2,(H,33,36)(H,34,37)/b32-14+. The van der Waals surface area contributed by atoms with E-state index >= 15 is 0 Å². The Bertz CT molecular complexity index is 1690. The lowest BCUT2D eigenvalue weighted by Crippen LogP contribution is -2.32. The van der Waals surface area contributed by atoms with Crippen molar-refractivity contribution in [3.63, 3.8) is 0 Å². The van der Waals surface area contributed by atoms with Crippen molar-refractivity contribution in [2.24, 2.45) is 5.10 Å². The second-order valence-electron chi connectivity index (χ2n) is 8.44. The lowest BCUT2D eigenvalue weighted by atomic mass is 10.2. The molecule has 1 aromatic heterocycles. The van der Waals surface area contributed by atoms with Crippen LogP contribution in [0.25, 0.3) is 0 Å². The van der Waals surface area contributed by atoms with Gasteiger partial charge in [0, 0.05) is 21.7 Å². The first-order chi connectivity index (χ1) is 19.5. The minimum absolute atomic E-state index is 0.0322. The molecule has 14 heteroatoms. The molecule has 0 unspecified atom stereocenters. The summed E-state index contributed by atoms with van der Waals surface area (Å²) in [4.78, 5) is 24.2. The van der Waals surface area contributed by atoms with Crippen molar-refractivity contribution in [2.45, 2.75) is 18.0 Å². The van der Waals surface area contributed by atoms with Crippen LogP contribution in [0.1, 0.15) is 17.1 Å². The Kier molecular flexibility index (Phi) is 10.2. The number of furan rings is 1. The lowest BCUT2D eigenvalue weighted by molar-refractivity contribution is -0.136. The molecule has 3 aromatic carbocycles. The minimum atomic E-state index is -3.99. The maximum Gasteiger partial charge on any atom is 0.329 e. The number of anilines is 1. The van der Waals surface area contributed by atoms with Crippen LogP contribution in [0.2, 0.25) is 15.1 Å². The smallest absolute Gasteiger partial charge is 0.329 e. The number of carbonyl (C=O) groups excluding carboxylic acids is 2. The van der Waals surface area contributed by atoms with Gasteiger partial charge in [0.25, 0.3) is 0 Å².